The summed E-state index contributed by atoms with van der Waals surface area (Å²) in [5, 5.41) is 0. The number of ether oxygens (including phenoxy) is 1. The fourth-order valence-corrected chi connectivity index (χ4v) is 1.01. The molecule has 0 N–H and O–H groups in total. The summed E-state index contributed by atoms with van der Waals surface area (Å²) in [6.45, 7) is 4.12. The Morgan fingerprint density at radius 3 is 2.20 bits per heavy atom. The summed E-state index contributed by atoms with van der Waals surface area (Å²) in [7, 11) is 4.81. The van der Waals surface area contributed by atoms with Crippen molar-refractivity contribution < 1.29 is 14.3 Å². The van der Waals surface area contributed by atoms with Gasteiger partial charge < -0.3 is 14.5 Å². The van der Waals surface area contributed by atoms with Gasteiger partial charge in [-0.2, -0.15) is 0 Å². The lowest BCUT2D eigenvalue weighted by atomic mass is 10.3. The summed E-state index contributed by atoms with van der Waals surface area (Å²) in [5.74, 6) is -0.247. The Kier molecular flexibility index (Phi) is 5.93. The third kappa shape index (κ3) is 4.29. The average molecular weight is 216 g/mol. The summed E-state index contributed by atoms with van der Waals surface area (Å²) >= 11 is 0. The van der Waals surface area contributed by atoms with Gasteiger partial charge in [-0.1, -0.05) is 0 Å². The molecule has 0 radical (unpaired) electrons. The van der Waals surface area contributed by atoms with Gasteiger partial charge in [0, 0.05) is 27.7 Å². The number of carbonyl (C=O) groups is 2. The van der Waals surface area contributed by atoms with Crippen LogP contribution >= 0.6 is 0 Å². The van der Waals surface area contributed by atoms with E-state index in [0.29, 0.717) is 6.54 Å². The molecule has 0 heterocycles. The van der Waals surface area contributed by atoms with Crippen LogP contribution in [0, 0.1) is 0 Å². The first kappa shape index (κ1) is 13.9. The Morgan fingerprint density at radius 2 is 1.87 bits per heavy atom. The van der Waals surface area contributed by atoms with Crippen LogP contribution in [-0.4, -0.2) is 62.0 Å². The van der Waals surface area contributed by atoms with Crippen molar-refractivity contribution in [3.8, 4) is 0 Å². The highest BCUT2D eigenvalue weighted by atomic mass is 16.5. The van der Waals surface area contributed by atoms with Crippen LogP contribution in [0.5, 0.6) is 0 Å². The highest BCUT2D eigenvalue weighted by Crippen LogP contribution is 1.99. The monoisotopic (exact) mass is 216 g/mol. The maximum absolute atomic E-state index is 11.7. The molecule has 0 aliphatic heterocycles. The van der Waals surface area contributed by atoms with Gasteiger partial charge in [0.15, 0.2) is 0 Å². The molecule has 5 nitrogen and oxygen atoms in total. The van der Waals surface area contributed by atoms with Crippen LogP contribution in [0.2, 0.25) is 0 Å². The first-order chi connectivity index (χ1) is 6.93. The molecule has 0 saturated carbocycles. The van der Waals surface area contributed by atoms with Crippen LogP contribution in [0.25, 0.3) is 0 Å². The van der Waals surface area contributed by atoms with E-state index in [1.807, 2.05) is 6.92 Å². The maximum atomic E-state index is 11.7. The number of rotatable bonds is 5. The topological polar surface area (TPSA) is 49.9 Å². The third-order valence-corrected chi connectivity index (χ3v) is 2.22. The second-order valence-corrected chi connectivity index (χ2v) is 3.52. The number of likely N-dealkylation sites (N-methyl/N-ethyl adjacent to an activating group) is 2. The molecule has 0 aromatic carbocycles. The molecule has 0 fully saturated rings. The van der Waals surface area contributed by atoms with E-state index < -0.39 is 6.10 Å². The van der Waals surface area contributed by atoms with Gasteiger partial charge in [0.2, 0.25) is 5.91 Å². The van der Waals surface area contributed by atoms with Crippen molar-refractivity contribution in [2.24, 2.45) is 0 Å². The van der Waals surface area contributed by atoms with Crippen LogP contribution in [0.3, 0.4) is 0 Å². The molecule has 0 aromatic rings. The molecule has 2 amide bonds. The number of carbonyl (C=O) groups excluding carboxylic acids is 2. The van der Waals surface area contributed by atoms with Crippen molar-refractivity contribution >= 4 is 11.8 Å². The molecular formula is C10H20N2O3. The summed E-state index contributed by atoms with van der Waals surface area (Å²) in [6.07, 6.45) is -0.500. The Balaban J connectivity index is 4.37. The summed E-state index contributed by atoms with van der Waals surface area (Å²) in [5.41, 5.74) is 0. The fraction of sp³-hybridized carbons (Fsp3) is 0.800. The second-order valence-electron chi connectivity index (χ2n) is 3.52. The molecule has 0 saturated heterocycles. The van der Waals surface area contributed by atoms with Crippen LogP contribution in [-0.2, 0) is 14.3 Å². The molecule has 0 aliphatic rings. The number of nitrogens with zero attached hydrogens (tertiary/aromatic N) is 2. The number of methoxy groups -OCH3 is 1. The molecule has 5 heteroatoms. The van der Waals surface area contributed by atoms with Crippen molar-refractivity contribution in [2.75, 3.05) is 34.3 Å². The molecule has 0 spiro atoms. The van der Waals surface area contributed by atoms with Crippen LogP contribution in [0.1, 0.15) is 13.8 Å². The Labute approximate surface area is 91.0 Å². The van der Waals surface area contributed by atoms with Crippen LogP contribution < -0.4 is 0 Å². The van der Waals surface area contributed by atoms with E-state index in [0.717, 1.165) is 0 Å². The lowest BCUT2D eigenvalue weighted by molar-refractivity contribution is -0.145. The minimum atomic E-state index is -0.500. The zero-order valence-electron chi connectivity index (χ0n) is 10.1. The Bertz CT molecular complexity index is 229. The summed E-state index contributed by atoms with van der Waals surface area (Å²) < 4.78 is 4.92. The Morgan fingerprint density at radius 1 is 1.33 bits per heavy atom. The Hall–Kier alpha value is -1.10. The lowest BCUT2D eigenvalue weighted by Crippen LogP contribution is -2.44. The van der Waals surface area contributed by atoms with Crippen molar-refractivity contribution in [1.82, 2.24) is 9.80 Å². The predicted octanol–water partition coefficient (Wildman–Crippen LogP) is -0.0420. The van der Waals surface area contributed by atoms with E-state index >= 15 is 0 Å². The molecule has 0 aliphatic carbocycles. The van der Waals surface area contributed by atoms with Gasteiger partial charge in [-0.3, -0.25) is 9.59 Å². The molecule has 0 rings (SSSR count). The highest BCUT2D eigenvalue weighted by Gasteiger charge is 2.21. The van der Waals surface area contributed by atoms with E-state index in [9.17, 15) is 9.59 Å². The number of amides is 2. The van der Waals surface area contributed by atoms with Gasteiger partial charge in [0.1, 0.15) is 6.10 Å². The van der Waals surface area contributed by atoms with Crippen LogP contribution in [0.4, 0.5) is 0 Å². The van der Waals surface area contributed by atoms with Crippen molar-refractivity contribution in [3.63, 3.8) is 0 Å². The zero-order valence-corrected chi connectivity index (χ0v) is 10.1. The molecule has 1 atom stereocenters. The molecule has 0 aromatic heterocycles. The molecule has 0 bridgehead atoms. The third-order valence-electron chi connectivity index (χ3n) is 2.22. The van der Waals surface area contributed by atoms with Gasteiger partial charge >= 0.3 is 0 Å². The first-order valence-corrected chi connectivity index (χ1v) is 4.95. The maximum Gasteiger partial charge on any atom is 0.251 e. The first-order valence-electron chi connectivity index (χ1n) is 4.95. The van der Waals surface area contributed by atoms with Gasteiger partial charge in [-0.25, -0.2) is 0 Å². The fourth-order valence-electron chi connectivity index (χ4n) is 1.01. The van der Waals surface area contributed by atoms with Crippen molar-refractivity contribution in [2.45, 2.75) is 20.0 Å². The SMILES string of the molecule is CCN(CC(=O)N(C)C)C(=O)C(C)OC. The van der Waals surface area contributed by atoms with E-state index in [1.165, 1.54) is 16.9 Å². The molecule has 88 valence electrons. The highest BCUT2D eigenvalue weighted by molar-refractivity contribution is 5.86. The number of hydrogen-bond donors (Lipinski definition) is 0. The van der Waals surface area contributed by atoms with Crippen molar-refractivity contribution in [1.29, 1.82) is 0 Å². The predicted molar refractivity (Wildman–Crippen MR) is 57.4 cm³/mol. The number of hydrogen-bond acceptors (Lipinski definition) is 3. The summed E-state index contributed by atoms with van der Waals surface area (Å²) in [6, 6.07) is 0. The normalized spacial score (nSPS) is 12.1. The average Bonchev–Trinajstić information content (AvgIpc) is 2.23. The molecular weight excluding hydrogens is 196 g/mol. The zero-order chi connectivity index (χ0) is 12.0. The minimum Gasteiger partial charge on any atom is -0.372 e. The molecule has 15 heavy (non-hydrogen) atoms. The lowest BCUT2D eigenvalue weighted by Gasteiger charge is -2.24. The van der Waals surface area contributed by atoms with Crippen LogP contribution in [0.15, 0.2) is 0 Å². The quantitative estimate of drug-likeness (QED) is 0.648. The van der Waals surface area contributed by atoms with Gasteiger partial charge in [-0.15, -0.1) is 0 Å². The van der Waals surface area contributed by atoms with E-state index in [2.05, 4.69) is 0 Å². The van der Waals surface area contributed by atoms with E-state index in [-0.39, 0.29) is 18.4 Å². The largest absolute Gasteiger partial charge is 0.372 e. The standard InChI is InChI=1S/C10H20N2O3/c1-6-12(7-9(13)11(3)4)10(14)8(2)15-5/h8H,6-7H2,1-5H3. The van der Waals surface area contributed by atoms with E-state index in [1.54, 1.807) is 21.0 Å². The van der Waals surface area contributed by atoms with Crippen molar-refractivity contribution in [3.05, 3.63) is 0 Å². The smallest absolute Gasteiger partial charge is 0.251 e. The van der Waals surface area contributed by atoms with Gasteiger partial charge in [0.25, 0.3) is 5.91 Å². The van der Waals surface area contributed by atoms with Gasteiger partial charge in [-0.05, 0) is 13.8 Å². The molecule has 1 unspecified atom stereocenters. The second kappa shape index (κ2) is 6.40. The van der Waals surface area contributed by atoms with E-state index in [4.69, 9.17) is 4.74 Å². The van der Waals surface area contributed by atoms with Gasteiger partial charge in [0.05, 0.1) is 6.54 Å². The summed E-state index contributed by atoms with van der Waals surface area (Å²) in [4.78, 5) is 26.1. The minimum absolute atomic E-state index is 0.0893.